The molecule has 0 aromatic heterocycles. The van der Waals surface area contributed by atoms with Crippen molar-refractivity contribution in [3.63, 3.8) is 0 Å². The van der Waals surface area contributed by atoms with Gasteiger partial charge in [-0.2, -0.15) is 4.72 Å². The van der Waals surface area contributed by atoms with Gasteiger partial charge < -0.3 is 14.8 Å². The minimum absolute atomic E-state index is 0.0635. The summed E-state index contributed by atoms with van der Waals surface area (Å²) in [6.45, 7) is 5.11. The lowest BCUT2D eigenvalue weighted by molar-refractivity contribution is -0.117. The first-order chi connectivity index (χ1) is 12.7. The van der Waals surface area contributed by atoms with Gasteiger partial charge in [0, 0.05) is 0 Å². The van der Waals surface area contributed by atoms with Gasteiger partial charge in [0.2, 0.25) is 15.9 Å². The van der Waals surface area contributed by atoms with Crippen LogP contribution >= 0.6 is 0 Å². The van der Waals surface area contributed by atoms with Crippen molar-refractivity contribution in [2.75, 3.05) is 19.5 Å². The molecule has 0 bridgehead atoms. The van der Waals surface area contributed by atoms with Gasteiger partial charge in [-0.3, -0.25) is 4.79 Å². The largest absolute Gasteiger partial charge is 0.496 e. The highest BCUT2D eigenvalue weighted by molar-refractivity contribution is 7.89. The summed E-state index contributed by atoms with van der Waals surface area (Å²) in [6, 6.07) is 8.86. The fourth-order valence-corrected chi connectivity index (χ4v) is 3.82. The lowest BCUT2D eigenvalue weighted by atomic mass is 10.2. The second-order valence-electron chi connectivity index (χ2n) is 6.17. The van der Waals surface area contributed by atoms with Gasteiger partial charge in [0.15, 0.2) is 0 Å². The Morgan fingerprint density at radius 3 is 2.22 bits per heavy atom. The number of sulfonamides is 1. The van der Waals surface area contributed by atoms with Crippen LogP contribution in [0.25, 0.3) is 0 Å². The third-order valence-electron chi connectivity index (χ3n) is 4.01. The molecule has 2 aromatic rings. The zero-order valence-electron chi connectivity index (χ0n) is 16.0. The third-order valence-corrected chi connectivity index (χ3v) is 5.55. The second kappa shape index (κ2) is 8.41. The number of anilines is 1. The van der Waals surface area contributed by atoms with Gasteiger partial charge in [-0.05, 0) is 62.2 Å². The first-order valence-electron chi connectivity index (χ1n) is 8.30. The summed E-state index contributed by atoms with van der Waals surface area (Å²) in [7, 11) is -0.853. The molecule has 7 nitrogen and oxygen atoms in total. The zero-order valence-corrected chi connectivity index (χ0v) is 16.8. The van der Waals surface area contributed by atoms with E-state index in [2.05, 4.69) is 10.0 Å². The predicted octanol–water partition coefficient (Wildman–Crippen LogP) is 2.63. The number of rotatable bonds is 7. The van der Waals surface area contributed by atoms with E-state index < -0.39 is 22.0 Å². The predicted molar refractivity (Wildman–Crippen MR) is 104 cm³/mol. The molecule has 8 heteroatoms. The number of amides is 1. The van der Waals surface area contributed by atoms with Crippen molar-refractivity contribution in [2.45, 2.75) is 31.7 Å². The molecule has 1 atom stereocenters. The molecule has 0 unspecified atom stereocenters. The molecule has 0 heterocycles. The SMILES string of the molecule is COc1ccc(S(=O)(=O)N[C@@H](C)C(=O)Nc2cc(C)ccc2OC)cc1C. The highest BCUT2D eigenvalue weighted by atomic mass is 32.2. The smallest absolute Gasteiger partial charge is 0.242 e. The van der Waals surface area contributed by atoms with Crippen molar-refractivity contribution >= 4 is 21.6 Å². The molecule has 2 rings (SSSR count). The van der Waals surface area contributed by atoms with Crippen LogP contribution in [0, 0.1) is 13.8 Å². The summed E-state index contributed by atoms with van der Waals surface area (Å²) in [4.78, 5) is 12.5. The number of carbonyl (C=O) groups is 1. The normalized spacial score (nSPS) is 12.3. The van der Waals surface area contributed by atoms with E-state index in [0.29, 0.717) is 22.7 Å². The summed E-state index contributed by atoms with van der Waals surface area (Å²) in [6.07, 6.45) is 0. The van der Waals surface area contributed by atoms with Crippen LogP contribution in [0.1, 0.15) is 18.1 Å². The molecular weight excluding hydrogens is 368 g/mol. The molecule has 0 saturated heterocycles. The van der Waals surface area contributed by atoms with Crippen LogP contribution in [0.2, 0.25) is 0 Å². The van der Waals surface area contributed by atoms with Crippen molar-refractivity contribution in [1.29, 1.82) is 0 Å². The van der Waals surface area contributed by atoms with Gasteiger partial charge in [-0.15, -0.1) is 0 Å². The molecule has 1 amide bonds. The second-order valence-corrected chi connectivity index (χ2v) is 7.88. The Balaban J connectivity index is 2.16. The molecule has 146 valence electrons. The average molecular weight is 392 g/mol. The summed E-state index contributed by atoms with van der Waals surface area (Å²) in [5, 5.41) is 2.69. The van der Waals surface area contributed by atoms with Crippen molar-refractivity contribution < 1.29 is 22.7 Å². The highest BCUT2D eigenvalue weighted by Gasteiger charge is 2.23. The Morgan fingerprint density at radius 2 is 1.63 bits per heavy atom. The fourth-order valence-electron chi connectivity index (χ4n) is 2.53. The number of carbonyl (C=O) groups excluding carboxylic acids is 1. The summed E-state index contributed by atoms with van der Waals surface area (Å²) in [5.41, 5.74) is 2.10. The Bertz CT molecular complexity index is 941. The molecule has 0 saturated carbocycles. The molecule has 0 aliphatic rings. The van der Waals surface area contributed by atoms with E-state index in [4.69, 9.17) is 9.47 Å². The van der Waals surface area contributed by atoms with Crippen LogP contribution in [0.15, 0.2) is 41.3 Å². The number of benzene rings is 2. The maximum atomic E-state index is 12.6. The fraction of sp³-hybridized carbons (Fsp3) is 0.316. The van der Waals surface area contributed by atoms with E-state index in [1.165, 1.54) is 33.3 Å². The third kappa shape index (κ3) is 4.99. The molecule has 0 spiro atoms. The van der Waals surface area contributed by atoms with Crippen LogP contribution in [0.4, 0.5) is 5.69 Å². The summed E-state index contributed by atoms with van der Waals surface area (Å²) < 4.78 is 37.9. The number of methoxy groups -OCH3 is 2. The molecule has 0 aliphatic carbocycles. The minimum atomic E-state index is -3.87. The zero-order chi connectivity index (χ0) is 20.2. The first kappa shape index (κ1) is 20.7. The minimum Gasteiger partial charge on any atom is -0.496 e. The lowest BCUT2D eigenvalue weighted by Gasteiger charge is -2.17. The number of hydrogen-bond acceptors (Lipinski definition) is 5. The molecular formula is C19H24N2O5S. The van der Waals surface area contributed by atoms with E-state index in [1.54, 1.807) is 25.1 Å². The molecule has 27 heavy (non-hydrogen) atoms. The lowest BCUT2D eigenvalue weighted by Crippen LogP contribution is -2.41. The molecule has 0 radical (unpaired) electrons. The van der Waals surface area contributed by atoms with Gasteiger partial charge in [0.05, 0.1) is 30.8 Å². The van der Waals surface area contributed by atoms with E-state index in [9.17, 15) is 13.2 Å². The number of aryl methyl sites for hydroxylation is 2. The van der Waals surface area contributed by atoms with Crippen molar-refractivity contribution in [3.05, 3.63) is 47.5 Å². The molecule has 2 N–H and O–H groups in total. The average Bonchev–Trinajstić information content (AvgIpc) is 2.61. The van der Waals surface area contributed by atoms with Crippen LogP contribution < -0.4 is 19.5 Å². The Labute approximate surface area is 159 Å². The van der Waals surface area contributed by atoms with Gasteiger partial charge in [-0.1, -0.05) is 6.07 Å². The number of nitrogens with one attached hydrogen (secondary N) is 2. The maximum absolute atomic E-state index is 12.6. The summed E-state index contributed by atoms with van der Waals surface area (Å²) >= 11 is 0. The maximum Gasteiger partial charge on any atom is 0.242 e. The Hall–Kier alpha value is -2.58. The van der Waals surface area contributed by atoms with Crippen molar-refractivity contribution in [1.82, 2.24) is 4.72 Å². The standard InChI is InChI=1S/C19H24N2O5S/c1-12-6-8-18(26-5)16(10-12)20-19(22)14(3)21-27(23,24)15-7-9-17(25-4)13(2)11-15/h6-11,14,21H,1-5H3,(H,20,22)/t14-/m0/s1. The Kier molecular flexibility index (Phi) is 6.45. The van der Waals surface area contributed by atoms with Crippen molar-refractivity contribution in [2.24, 2.45) is 0 Å². The summed E-state index contributed by atoms with van der Waals surface area (Å²) in [5.74, 6) is 0.591. The van der Waals surface area contributed by atoms with Gasteiger partial charge in [-0.25, -0.2) is 8.42 Å². The molecule has 2 aromatic carbocycles. The van der Waals surface area contributed by atoms with Crippen LogP contribution in [-0.4, -0.2) is 34.6 Å². The van der Waals surface area contributed by atoms with Crippen LogP contribution in [0.3, 0.4) is 0 Å². The van der Waals surface area contributed by atoms with Crippen LogP contribution in [-0.2, 0) is 14.8 Å². The highest BCUT2D eigenvalue weighted by Crippen LogP contribution is 2.25. The van der Waals surface area contributed by atoms with Crippen molar-refractivity contribution in [3.8, 4) is 11.5 Å². The van der Waals surface area contributed by atoms with E-state index in [1.807, 2.05) is 13.0 Å². The van der Waals surface area contributed by atoms with Crippen LogP contribution in [0.5, 0.6) is 11.5 Å². The number of hydrogen-bond donors (Lipinski definition) is 2. The quantitative estimate of drug-likeness (QED) is 0.755. The van der Waals surface area contributed by atoms with Gasteiger partial charge in [0.25, 0.3) is 0 Å². The molecule has 0 fully saturated rings. The van der Waals surface area contributed by atoms with E-state index in [0.717, 1.165) is 5.56 Å². The topological polar surface area (TPSA) is 93.7 Å². The molecule has 0 aliphatic heterocycles. The van der Waals surface area contributed by atoms with Gasteiger partial charge >= 0.3 is 0 Å². The number of ether oxygens (including phenoxy) is 2. The monoisotopic (exact) mass is 392 g/mol. The van der Waals surface area contributed by atoms with Gasteiger partial charge in [0.1, 0.15) is 11.5 Å². The van der Waals surface area contributed by atoms with E-state index >= 15 is 0 Å². The Morgan fingerprint density at radius 1 is 1.00 bits per heavy atom. The first-order valence-corrected chi connectivity index (χ1v) is 9.78. The van der Waals surface area contributed by atoms with E-state index in [-0.39, 0.29) is 4.90 Å².